The third kappa shape index (κ3) is 5.33. The van der Waals surface area contributed by atoms with Gasteiger partial charge in [0.15, 0.2) is 0 Å². The molecule has 3 heterocycles. The summed E-state index contributed by atoms with van der Waals surface area (Å²) in [4.78, 5) is 15.9. The fourth-order valence-corrected chi connectivity index (χ4v) is 6.48. The number of hydrogen-bond donors (Lipinski definition) is 3. The molecule has 0 aliphatic carbocycles. The SMILES string of the molecule is CC(C)C[C@H](NC(=O)c1ccc2[nH]nc(-c3ccc(N4[C@@H]5COC[C@H]4C[C@@H](O)C5)cc3)c2c1)c1ccccc1Cl. The number of ether oxygens (including phenoxy) is 1. The number of hydrogen-bond acceptors (Lipinski definition) is 5. The number of carbonyl (C=O) groups excluding carboxylic acids is 1. The lowest BCUT2D eigenvalue weighted by atomic mass is 9.91. The predicted molar refractivity (Wildman–Crippen MR) is 159 cm³/mol. The molecule has 0 unspecified atom stereocenters. The Kier molecular flexibility index (Phi) is 7.53. The van der Waals surface area contributed by atoms with Crippen LogP contribution in [-0.2, 0) is 4.74 Å². The number of piperidine rings is 1. The van der Waals surface area contributed by atoms with Crippen LogP contribution >= 0.6 is 11.6 Å². The number of carbonyl (C=O) groups is 1. The number of anilines is 1. The number of benzene rings is 3. The molecule has 0 radical (unpaired) electrons. The van der Waals surface area contributed by atoms with Crippen LogP contribution in [0.5, 0.6) is 0 Å². The molecule has 2 bridgehead atoms. The van der Waals surface area contributed by atoms with Gasteiger partial charge in [0.2, 0.25) is 0 Å². The zero-order valence-corrected chi connectivity index (χ0v) is 23.6. The van der Waals surface area contributed by atoms with Crippen molar-refractivity contribution in [1.29, 1.82) is 0 Å². The van der Waals surface area contributed by atoms with Crippen molar-refractivity contribution in [3.05, 3.63) is 82.9 Å². The Morgan fingerprint density at radius 2 is 1.82 bits per heavy atom. The fraction of sp³-hybridized carbons (Fsp3) is 0.375. The Morgan fingerprint density at radius 3 is 2.52 bits per heavy atom. The number of H-pyrrole nitrogens is 1. The molecular formula is C32H35ClN4O3. The molecule has 4 atom stereocenters. The first kappa shape index (κ1) is 26.8. The van der Waals surface area contributed by atoms with Crippen LogP contribution in [0.4, 0.5) is 5.69 Å². The van der Waals surface area contributed by atoms with Crippen LogP contribution in [0.15, 0.2) is 66.7 Å². The van der Waals surface area contributed by atoms with Crippen molar-refractivity contribution < 1.29 is 14.6 Å². The lowest BCUT2D eigenvalue weighted by Crippen LogP contribution is -2.58. The van der Waals surface area contributed by atoms with Crippen molar-refractivity contribution in [2.24, 2.45) is 5.92 Å². The average Bonchev–Trinajstić information content (AvgIpc) is 3.36. The average molecular weight is 559 g/mol. The third-order valence-electron chi connectivity index (χ3n) is 8.05. The van der Waals surface area contributed by atoms with Gasteiger partial charge in [-0.15, -0.1) is 0 Å². The molecule has 7 nitrogen and oxygen atoms in total. The van der Waals surface area contributed by atoms with Crippen LogP contribution in [0, 0.1) is 5.92 Å². The van der Waals surface area contributed by atoms with Crippen molar-refractivity contribution in [3.63, 3.8) is 0 Å². The van der Waals surface area contributed by atoms with Crippen LogP contribution in [0.25, 0.3) is 22.2 Å². The van der Waals surface area contributed by atoms with Crippen molar-refractivity contribution in [2.75, 3.05) is 18.1 Å². The number of nitrogens with zero attached hydrogens (tertiary/aromatic N) is 2. The number of rotatable bonds is 7. The maximum Gasteiger partial charge on any atom is 0.251 e. The van der Waals surface area contributed by atoms with E-state index in [2.05, 4.69) is 58.5 Å². The molecule has 40 heavy (non-hydrogen) atoms. The summed E-state index contributed by atoms with van der Waals surface area (Å²) in [7, 11) is 0. The molecule has 2 aliphatic heterocycles. The second kappa shape index (κ2) is 11.2. The smallest absolute Gasteiger partial charge is 0.251 e. The molecule has 8 heteroatoms. The number of aliphatic hydroxyl groups excluding tert-OH is 1. The second-order valence-corrected chi connectivity index (χ2v) is 11.8. The van der Waals surface area contributed by atoms with Crippen LogP contribution in [0.1, 0.15) is 55.1 Å². The molecule has 208 valence electrons. The van der Waals surface area contributed by atoms with E-state index in [1.165, 1.54) is 0 Å². The number of nitrogens with one attached hydrogen (secondary N) is 2. The Morgan fingerprint density at radius 1 is 1.10 bits per heavy atom. The van der Waals surface area contributed by atoms with Crippen molar-refractivity contribution in [2.45, 2.75) is 57.3 Å². The first-order valence-corrected chi connectivity index (χ1v) is 14.4. The highest BCUT2D eigenvalue weighted by atomic mass is 35.5. The van der Waals surface area contributed by atoms with Gasteiger partial charge in [0, 0.05) is 27.2 Å². The summed E-state index contributed by atoms with van der Waals surface area (Å²) in [6, 6.07) is 21.9. The van der Waals surface area contributed by atoms with E-state index in [1.54, 1.807) is 0 Å². The molecule has 2 aliphatic rings. The van der Waals surface area contributed by atoms with Gasteiger partial charge in [-0.25, -0.2) is 0 Å². The number of aliphatic hydroxyl groups is 1. The molecule has 1 amide bonds. The lowest BCUT2D eigenvalue weighted by molar-refractivity contribution is 0.00124. The first-order chi connectivity index (χ1) is 19.4. The van der Waals surface area contributed by atoms with Gasteiger partial charge in [0.1, 0.15) is 0 Å². The lowest BCUT2D eigenvalue weighted by Gasteiger charge is -2.48. The zero-order chi connectivity index (χ0) is 27.8. The van der Waals surface area contributed by atoms with Crippen LogP contribution in [0.2, 0.25) is 5.02 Å². The topological polar surface area (TPSA) is 90.5 Å². The molecule has 2 fully saturated rings. The van der Waals surface area contributed by atoms with E-state index in [0.717, 1.165) is 52.7 Å². The summed E-state index contributed by atoms with van der Waals surface area (Å²) >= 11 is 6.49. The maximum atomic E-state index is 13.5. The van der Waals surface area contributed by atoms with Crippen molar-refractivity contribution >= 4 is 34.1 Å². The molecule has 4 aromatic rings. The molecule has 3 N–H and O–H groups in total. The second-order valence-electron chi connectivity index (χ2n) is 11.4. The molecule has 6 rings (SSSR count). The van der Waals surface area contributed by atoms with E-state index < -0.39 is 0 Å². The Bertz CT molecular complexity index is 1490. The molecular weight excluding hydrogens is 524 g/mol. The maximum absolute atomic E-state index is 13.5. The minimum Gasteiger partial charge on any atom is -0.393 e. The summed E-state index contributed by atoms with van der Waals surface area (Å²) in [6.07, 6.45) is 1.97. The van der Waals surface area contributed by atoms with E-state index in [0.29, 0.717) is 29.7 Å². The van der Waals surface area contributed by atoms with Crippen molar-refractivity contribution in [1.82, 2.24) is 15.5 Å². The van der Waals surface area contributed by atoms with Gasteiger partial charge in [0.05, 0.1) is 48.7 Å². The Hall–Kier alpha value is -3.39. The van der Waals surface area contributed by atoms with Gasteiger partial charge >= 0.3 is 0 Å². The van der Waals surface area contributed by atoms with Gasteiger partial charge < -0.3 is 20.1 Å². The number of aromatic nitrogens is 2. The highest BCUT2D eigenvalue weighted by Gasteiger charge is 2.38. The van der Waals surface area contributed by atoms with Crippen LogP contribution in [0.3, 0.4) is 0 Å². The number of morpholine rings is 1. The minimum absolute atomic E-state index is 0.143. The highest BCUT2D eigenvalue weighted by Crippen LogP contribution is 2.35. The zero-order valence-electron chi connectivity index (χ0n) is 22.8. The van der Waals surface area contributed by atoms with Gasteiger partial charge in [-0.2, -0.15) is 5.10 Å². The van der Waals surface area contributed by atoms with E-state index in [4.69, 9.17) is 16.3 Å². The Labute approximate surface area is 239 Å². The van der Waals surface area contributed by atoms with Crippen LogP contribution in [-0.4, -0.2) is 52.6 Å². The van der Waals surface area contributed by atoms with Gasteiger partial charge in [0.25, 0.3) is 5.91 Å². The number of aromatic amines is 1. The third-order valence-corrected chi connectivity index (χ3v) is 8.40. The van der Waals surface area contributed by atoms with Gasteiger partial charge in [-0.1, -0.05) is 55.8 Å². The fourth-order valence-electron chi connectivity index (χ4n) is 6.21. The summed E-state index contributed by atoms with van der Waals surface area (Å²) < 4.78 is 5.77. The van der Waals surface area contributed by atoms with E-state index in [-0.39, 0.29) is 30.1 Å². The summed E-state index contributed by atoms with van der Waals surface area (Å²) in [5, 5.41) is 22.7. The van der Waals surface area contributed by atoms with Gasteiger partial charge in [-0.05, 0) is 67.1 Å². The van der Waals surface area contributed by atoms with Crippen LogP contribution < -0.4 is 10.2 Å². The van der Waals surface area contributed by atoms with E-state index in [9.17, 15) is 9.90 Å². The molecule has 3 aromatic carbocycles. The number of amides is 1. The molecule has 2 saturated heterocycles. The first-order valence-electron chi connectivity index (χ1n) is 14.1. The number of fused-ring (bicyclic) bond motifs is 3. The summed E-state index contributed by atoms with van der Waals surface area (Å²) in [5.41, 5.74) is 5.28. The van der Waals surface area contributed by atoms with Gasteiger partial charge in [-0.3, -0.25) is 9.89 Å². The highest BCUT2D eigenvalue weighted by molar-refractivity contribution is 6.31. The minimum atomic E-state index is -0.262. The largest absolute Gasteiger partial charge is 0.393 e. The predicted octanol–water partition coefficient (Wildman–Crippen LogP) is 6.13. The number of halogens is 1. The molecule has 0 spiro atoms. The summed E-state index contributed by atoms with van der Waals surface area (Å²) in [5.74, 6) is 0.241. The van der Waals surface area contributed by atoms with E-state index >= 15 is 0 Å². The Balaban J connectivity index is 1.25. The molecule has 0 saturated carbocycles. The quantitative estimate of drug-likeness (QED) is 0.254. The monoisotopic (exact) mass is 558 g/mol. The molecule has 1 aromatic heterocycles. The van der Waals surface area contributed by atoms with E-state index in [1.807, 2.05) is 42.5 Å². The van der Waals surface area contributed by atoms with Crippen molar-refractivity contribution in [3.8, 4) is 11.3 Å². The normalized spacial score (nSPS) is 21.5. The summed E-state index contributed by atoms with van der Waals surface area (Å²) in [6.45, 7) is 5.55. The standard InChI is InChI=1S/C32H35ClN4O3/c1-19(2)13-30(26-5-3-4-6-28(26)33)34-32(39)21-9-12-29-27(14-21)31(36-35-29)20-7-10-22(11-8-20)37-23-15-25(38)16-24(37)18-40-17-23/h3-12,14,19,23-25,30,38H,13,15-18H2,1-2H3,(H,34,39)(H,35,36)/t23-,24+,25-,30-/m0/s1.